The molecule has 2 fully saturated rings. The lowest BCUT2D eigenvalue weighted by atomic mass is 9.49. The molecule has 10 heteroatoms. The molecule has 4 aromatic rings. The summed E-state index contributed by atoms with van der Waals surface area (Å²) in [6, 6.07) is 11.9. The van der Waals surface area contributed by atoms with Gasteiger partial charge in [-0.2, -0.15) is 5.10 Å². The Labute approximate surface area is 235 Å². The summed E-state index contributed by atoms with van der Waals surface area (Å²) < 4.78 is 20.6. The van der Waals surface area contributed by atoms with Crippen LogP contribution in [0.5, 0.6) is 5.75 Å². The number of methoxy groups -OCH3 is 1. The van der Waals surface area contributed by atoms with Crippen LogP contribution in [0.25, 0.3) is 22.0 Å². The Morgan fingerprint density at radius 3 is 2.60 bits per heavy atom. The molecule has 2 N–H and O–H groups in total. The number of halogens is 2. The summed E-state index contributed by atoms with van der Waals surface area (Å²) in [5, 5.41) is 17.9. The Balaban J connectivity index is 1.17. The van der Waals surface area contributed by atoms with Crippen LogP contribution < -0.4 is 10.1 Å². The zero-order valence-corrected chi connectivity index (χ0v) is 22.6. The van der Waals surface area contributed by atoms with Gasteiger partial charge in [0.25, 0.3) is 5.91 Å². The normalized spacial score (nSPS) is 21.6. The number of hydrogen-bond acceptors (Lipinski definition) is 5. The molecule has 0 bridgehead atoms. The molecule has 2 aromatic carbocycles. The monoisotopic (exact) mass is 562 g/mol. The van der Waals surface area contributed by atoms with E-state index in [9.17, 15) is 14.0 Å². The number of carboxylic acid groups (broad SMARTS) is 1. The number of hydrogen-bond donors (Lipinski definition) is 2. The van der Waals surface area contributed by atoms with E-state index in [1.54, 1.807) is 41.3 Å². The van der Waals surface area contributed by atoms with Crippen LogP contribution in [-0.4, -0.2) is 44.9 Å². The Morgan fingerprint density at radius 1 is 1.12 bits per heavy atom. The molecule has 2 aliphatic rings. The fourth-order valence-corrected chi connectivity index (χ4v) is 6.64. The van der Waals surface area contributed by atoms with Crippen LogP contribution in [0.3, 0.4) is 0 Å². The summed E-state index contributed by atoms with van der Waals surface area (Å²) >= 11 is 6.35. The molecule has 0 unspecified atom stereocenters. The predicted octanol–water partition coefficient (Wildman–Crippen LogP) is 5.71. The predicted molar refractivity (Wildman–Crippen MR) is 148 cm³/mol. The van der Waals surface area contributed by atoms with Crippen molar-refractivity contribution in [3.8, 4) is 16.9 Å². The number of benzene rings is 2. The summed E-state index contributed by atoms with van der Waals surface area (Å²) in [7, 11) is 1.43. The third-order valence-corrected chi connectivity index (χ3v) is 8.38. The number of aliphatic carboxylic acids is 1. The lowest BCUT2D eigenvalue weighted by molar-refractivity contribution is -0.142. The second kappa shape index (κ2) is 10.2. The number of rotatable bonds is 8. The number of ether oxygens (including phenoxy) is 1. The number of aromatic nitrogens is 3. The van der Waals surface area contributed by atoms with E-state index in [-0.39, 0.29) is 35.5 Å². The van der Waals surface area contributed by atoms with Crippen LogP contribution in [0.2, 0.25) is 5.02 Å². The number of nitrogens with zero attached hydrogens (tertiary/aromatic N) is 3. The van der Waals surface area contributed by atoms with Crippen LogP contribution >= 0.6 is 11.6 Å². The highest BCUT2D eigenvalue weighted by molar-refractivity contribution is 6.32. The molecular formula is C30H28ClFN4O4. The molecule has 0 saturated heterocycles. The van der Waals surface area contributed by atoms with Crippen molar-refractivity contribution in [3.05, 3.63) is 77.0 Å². The van der Waals surface area contributed by atoms with Crippen molar-refractivity contribution in [1.82, 2.24) is 20.1 Å². The fraction of sp³-hybridized carbons (Fsp3) is 0.333. The second-order valence-electron chi connectivity index (χ2n) is 11.0. The second-order valence-corrected chi connectivity index (χ2v) is 11.5. The maximum atomic E-state index is 13.8. The van der Waals surface area contributed by atoms with Crippen LogP contribution in [0.4, 0.5) is 4.39 Å². The third kappa shape index (κ3) is 5.01. The van der Waals surface area contributed by atoms with Crippen molar-refractivity contribution in [2.45, 2.75) is 44.7 Å². The van der Waals surface area contributed by atoms with Crippen LogP contribution in [0.15, 0.2) is 54.9 Å². The van der Waals surface area contributed by atoms with Gasteiger partial charge >= 0.3 is 5.97 Å². The molecule has 2 heterocycles. The summed E-state index contributed by atoms with van der Waals surface area (Å²) in [6.07, 6.45) is 7.20. The number of carboxylic acids is 1. The minimum atomic E-state index is -0.745. The minimum absolute atomic E-state index is 0.0583. The van der Waals surface area contributed by atoms with Gasteiger partial charge in [0.1, 0.15) is 0 Å². The van der Waals surface area contributed by atoms with Gasteiger partial charge in [-0.15, -0.1) is 0 Å². The van der Waals surface area contributed by atoms with Crippen molar-refractivity contribution >= 4 is 34.4 Å². The first kappa shape index (κ1) is 26.3. The summed E-state index contributed by atoms with van der Waals surface area (Å²) in [4.78, 5) is 28.9. The van der Waals surface area contributed by atoms with Gasteiger partial charge in [0.15, 0.2) is 11.6 Å². The first-order chi connectivity index (χ1) is 19.2. The maximum Gasteiger partial charge on any atom is 0.303 e. The molecule has 0 radical (unpaired) electrons. The highest BCUT2D eigenvalue weighted by Crippen LogP contribution is 2.59. The molecule has 2 saturated carbocycles. The molecule has 8 nitrogen and oxygen atoms in total. The van der Waals surface area contributed by atoms with Gasteiger partial charge in [0.2, 0.25) is 0 Å². The number of fused-ring (bicyclic) bond motifs is 1. The van der Waals surface area contributed by atoms with E-state index in [1.165, 1.54) is 13.2 Å². The van der Waals surface area contributed by atoms with E-state index in [4.69, 9.17) is 21.4 Å². The van der Waals surface area contributed by atoms with E-state index in [0.717, 1.165) is 47.9 Å². The average Bonchev–Trinajstić information content (AvgIpc) is 3.28. The minimum Gasteiger partial charge on any atom is -0.494 e. The van der Waals surface area contributed by atoms with Crippen LogP contribution in [0, 0.1) is 17.2 Å². The van der Waals surface area contributed by atoms with Crippen molar-refractivity contribution in [1.29, 1.82) is 0 Å². The van der Waals surface area contributed by atoms with E-state index in [0.29, 0.717) is 22.6 Å². The lowest BCUT2D eigenvalue weighted by Gasteiger charge is -2.57. The van der Waals surface area contributed by atoms with E-state index in [1.807, 2.05) is 12.1 Å². The van der Waals surface area contributed by atoms with Crippen LogP contribution in [0.1, 0.15) is 48.2 Å². The lowest BCUT2D eigenvalue weighted by Crippen LogP contribution is -2.56. The first-order valence-electron chi connectivity index (χ1n) is 13.2. The molecule has 1 spiro atoms. The molecule has 40 heavy (non-hydrogen) atoms. The van der Waals surface area contributed by atoms with Gasteiger partial charge in [-0.05, 0) is 72.9 Å². The van der Waals surface area contributed by atoms with Gasteiger partial charge < -0.3 is 15.2 Å². The number of pyridine rings is 1. The highest BCUT2D eigenvalue weighted by atomic mass is 35.5. The number of carbonyl (C=O) groups is 2. The molecular weight excluding hydrogens is 535 g/mol. The third-order valence-electron chi connectivity index (χ3n) is 8.16. The number of amides is 1. The Hall–Kier alpha value is -3.98. The summed E-state index contributed by atoms with van der Waals surface area (Å²) in [6.45, 7) is 0.343. The molecule has 206 valence electrons. The SMILES string of the molecule is COc1cc(-c2ccc(Cn3ncc4cc(Cl)cc(C(=O)NC5CC6(CC(CC(=O)O)C6)C5)c43)nc2)ccc1F. The molecule has 1 amide bonds. The molecule has 0 atom stereocenters. The van der Waals surface area contributed by atoms with E-state index < -0.39 is 11.8 Å². The molecule has 6 rings (SSSR count). The van der Waals surface area contributed by atoms with E-state index >= 15 is 0 Å². The van der Waals surface area contributed by atoms with Crippen molar-refractivity contribution in [2.75, 3.05) is 7.11 Å². The molecule has 2 aliphatic carbocycles. The number of carbonyl (C=O) groups excluding carboxylic acids is 1. The van der Waals surface area contributed by atoms with Gasteiger partial charge in [0, 0.05) is 34.6 Å². The van der Waals surface area contributed by atoms with Crippen molar-refractivity contribution < 1.29 is 23.8 Å². The standard InChI is InChI=1S/C30H28ClFN4O4/c1-40-26-8-18(3-5-25(26)32)19-2-4-22(33-14-19)16-36-28-20(15-34-36)7-21(31)9-24(28)29(39)35-23-12-30(13-23)10-17(11-30)6-27(37)38/h2-5,7-9,14-15,17,23H,6,10-13,16H2,1H3,(H,35,39)(H,37,38). The maximum absolute atomic E-state index is 13.8. The highest BCUT2D eigenvalue weighted by Gasteiger charge is 2.53. The summed E-state index contributed by atoms with van der Waals surface area (Å²) in [5.41, 5.74) is 3.65. The van der Waals surface area contributed by atoms with Crippen molar-refractivity contribution in [2.24, 2.45) is 11.3 Å². The van der Waals surface area contributed by atoms with Crippen LogP contribution in [-0.2, 0) is 11.3 Å². The van der Waals surface area contributed by atoms with Gasteiger partial charge in [0.05, 0.1) is 36.6 Å². The average molecular weight is 563 g/mol. The fourth-order valence-electron chi connectivity index (χ4n) is 6.41. The quantitative estimate of drug-likeness (QED) is 0.285. The van der Waals surface area contributed by atoms with Gasteiger partial charge in [-0.25, -0.2) is 4.39 Å². The Bertz CT molecular complexity index is 1610. The largest absolute Gasteiger partial charge is 0.494 e. The Morgan fingerprint density at radius 2 is 1.90 bits per heavy atom. The Kier molecular flexibility index (Phi) is 6.70. The van der Waals surface area contributed by atoms with Gasteiger partial charge in [-0.3, -0.25) is 19.3 Å². The summed E-state index contributed by atoms with van der Waals surface area (Å²) in [5.74, 6) is -0.960. The number of nitrogens with one attached hydrogen (secondary N) is 1. The first-order valence-corrected chi connectivity index (χ1v) is 13.6. The zero-order chi connectivity index (χ0) is 28.0. The van der Waals surface area contributed by atoms with E-state index in [2.05, 4.69) is 15.4 Å². The molecule has 0 aliphatic heterocycles. The molecule has 2 aromatic heterocycles. The van der Waals surface area contributed by atoms with Crippen molar-refractivity contribution in [3.63, 3.8) is 0 Å². The topological polar surface area (TPSA) is 106 Å². The van der Waals surface area contributed by atoms with Gasteiger partial charge in [-0.1, -0.05) is 23.7 Å². The smallest absolute Gasteiger partial charge is 0.303 e. The zero-order valence-electron chi connectivity index (χ0n) is 21.9.